The van der Waals surface area contributed by atoms with Gasteiger partial charge < -0.3 is 15.5 Å². The fourth-order valence-corrected chi connectivity index (χ4v) is 4.17. The van der Waals surface area contributed by atoms with Gasteiger partial charge in [-0.25, -0.2) is 0 Å². The van der Waals surface area contributed by atoms with Crippen LogP contribution in [0.5, 0.6) is 0 Å². The summed E-state index contributed by atoms with van der Waals surface area (Å²) in [5.41, 5.74) is 3.61. The first-order valence-electron chi connectivity index (χ1n) is 10.2. The molecule has 1 atom stereocenters. The Morgan fingerprint density at radius 1 is 1.04 bits per heavy atom. The fraction of sp³-hybridized carbons (Fsp3) is 0.391. The summed E-state index contributed by atoms with van der Waals surface area (Å²) in [6.45, 7) is 2.76. The largest absolute Gasteiger partial charge is 0.326 e. The number of anilines is 2. The Bertz CT molecular complexity index is 839. The second kappa shape index (κ2) is 8.57. The highest BCUT2D eigenvalue weighted by Crippen LogP contribution is 2.29. The second-order valence-corrected chi connectivity index (χ2v) is 7.71. The van der Waals surface area contributed by atoms with Gasteiger partial charge in [0.25, 0.3) is 5.91 Å². The number of benzene rings is 2. The standard InChI is InChI=1S/C23H27N3O2/c27-22(16-17-4-3-13-24-14-11-17)25-20-9-7-19(8-10-20)23(28)26-15-12-18-5-1-2-6-21(18)26/h1-2,5-10,17,24H,3-4,11-16H2,(H,25,27). The van der Waals surface area contributed by atoms with E-state index >= 15 is 0 Å². The number of para-hydroxylation sites is 1. The zero-order valence-electron chi connectivity index (χ0n) is 16.1. The normalized spacial score (nSPS) is 19.0. The van der Waals surface area contributed by atoms with E-state index < -0.39 is 0 Å². The molecule has 1 fully saturated rings. The summed E-state index contributed by atoms with van der Waals surface area (Å²) in [6.07, 6.45) is 4.75. The molecule has 1 unspecified atom stereocenters. The zero-order chi connectivity index (χ0) is 19.3. The van der Waals surface area contributed by atoms with E-state index in [4.69, 9.17) is 0 Å². The monoisotopic (exact) mass is 377 g/mol. The van der Waals surface area contributed by atoms with E-state index in [2.05, 4.69) is 16.7 Å². The number of hydrogen-bond acceptors (Lipinski definition) is 3. The molecule has 2 N–H and O–H groups in total. The van der Waals surface area contributed by atoms with Gasteiger partial charge in [0.05, 0.1) is 0 Å². The number of carbonyl (C=O) groups excluding carboxylic acids is 2. The fourth-order valence-electron chi connectivity index (χ4n) is 4.17. The van der Waals surface area contributed by atoms with Crippen molar-refractivity contribution in [1.29, 1.82) is 0 Å². The van der Waals surface area contributed by atoms with Crippen LogP contribution in [0.2, 0.25) is 0 Å². The van der Waals surface area contributed by atoms with Crippen LogP contribution in [0, 0.1) is 5.92 Å². The van der Waals surface area contributed by atoms with Crippen LogP contribution >= 0.6 is 0 Å². The number of fused-ring (bicyclic) bond motifs is 1. The van der Waals surface area contributed by atoms with Crippen LogP contribution in [0.1, 0.15) is 41.6 Å². The van der Waals surface area contributed by atoms with Crippen LogP contribution in [0.15, 0.2) is 48.5 Å². The number of carbonyl (C=O) groups is 2. The van der Waals surface area contributed by atoms with E-state index in [0.717, 1.165) is 50.1 Å². The van der Waals surface area contributed by atoms with Gasteiger partial charge in [-0.2, -0.15) is 0 Å². The molecule has 1 saturated heterocycles. The third kappa shape index (κ3) is 4.25. The lowest BCUT2D eigenvalue weighted by atomic mass is 9.96. The predicted octanol–water partition coefficient (Wildman–Crippen LogP) is 3.61. The van der Waals surface area contributed by atoms with Gasteiger partial charge in [0.2, 0.25) is 5.91 Å². The highest BCUT2D eigenvalue weighted by Gasteiger charge is 2.25. The molecule has 0 radical (unpaired) electrons. The van der Waals surface area contributed by atoms with Crippen LogP contribution in [-0.2, 0) is 11.2 Å². The Labute approximate surface area is 166 Å². The number of rotatable bonds is 4. The number of amides is 2. The maximum Gasteiger partial charge on any atom is 0.258 e. The van der Waals surface area contributed by atoms with E-state index in [-0.39, 0.29) is 11.8 Å². The zero-order valence-corrected chi connectivity index (χ0v) is 16.1. The molecule has 4 rings (SSSR count). The van der Waals surface area contributed by atoms with Crippen molar-refractivity contribution in [1.82, 2.24) is 5.32 Å². The molecule has 2 heterocycles. The molecule has 0 saturated carbocycles. The maximum atomic E-state index is 12.9. The summed E-state index contributed by atoms with van der Waals surface area (Å²) in [6, 6.07) is 15.3. The first kappa shape index (κ1) is 18.7. The number of hydrogen-bond donors (Lipinski definition) is 2. The summed E-state index contributed by atoms with van der Waals surface area (Å²) < 4.78 is 0. The molecule has 28 heavy (non-hydrogen) atoms. The average molecular weight is 377 g/mol. The number of nitrogens with one attached hydrogen (secondary N) is 2. The first-order valence-corrected chi connectivity index (χ1v) is 10.2. The maximum absolute atomic E-state index is 12.9. The van der Waals surface area contributed by atoms with E-state index in [9.17, 15) is 9.59 Å². The van der Waals surface area contributed by atoms with Gasteiger partial charge in [-0.3, -0.25) is 9.59 Å². The van der Waals surface area contributed by atoms with Crippen molar-refractivity contribution in [3.63, 3.8) is 0 Å². The molecule has 2 amide bonds. The van der Waals surface area contributed by atoms with Crippen molar-refractivity contribution in [2.45, 2.75) is 32.1 Å². The molecular weight excluding hydrogens is 350 g/mol. The summed E-state index contributed by atoms with van der Waals surface area (Å²) in [5, 5.41) is 6.36. The molecule has 0 aromatic heterocycles. The number of nitrogens with zero attached hydrogens (tertiary/aromatic N) is 1. The van der Waals surface area contributed by atoms with E-state index in [1.54, 1.807) is 12.1 Å². The second-order valence-electron chi connectivity index (χ2n) is 7.71. The van der Waals surface area contributed by atoms with E-state index in [0.29, 0.717) is 24.4 Å². The van der Waals surface area contributed by atoms with Gasteiger partial charge in [0.15, 0.2) is 0 Å². The summed E-state index contributed by atoms with van der Waals surface area (Å²) >= 11 is 0. The third-order valence-corrected chi connectivity index (χ3v) is 5.72. The van der Waals surface area contributed by atoms with Crippen molar-refractivity contribution in [2.75, 3.05) is 29.9 Å². The Morgan fingerprint density at radius 3 is 2.71 bits per heavy atom. The van der Waals surface area contributed by atoms with Crippen LogP contribution in [0.3, 0.4) is 0 Å². The Kier molecular flexibility index (Phi) is 5.72. The summed E-state index contributed by atoms with van der Waals surface area (Å²) in [4.78, 5) is 27.1. The Morgan fingerprint density at radius 2 is 1.86 bits per heavy atom. The quantitative estimate of drug-likeness (QED) is 0.856. The molecule has 146 valence electrons. The van der Waals surface area contributed by atoms with Crippen molar-refractivity contribution in [3.8, 4) is 0 Å². The summed E-state index contributed by atoms with van der Waals surface area (Å²) in [7, 11) is 0. The first-order chi connectivity index (χ1) is 13.7. The SMILES string of the molecule is O=C(CC1CCCNCC1)Nc1ccc(C(=O)N2CCc3ccccc32)cc1. The lowest BCUT2D eigenvalue weighted by Crippen LogP contribution is -2.28. The van der Waals surface area contributed by atoms with E-state index in [1.165, 1.54) is 5.56 Å². The van der Waals surface area contributed by atoms with Crippen molar-refractivity contribution in [3.05, 3.63) is 59.7 Å². The lowest BCUT2D eigenvalue weighted by molar-refractivity contribution is -0.117. The van der Waals surface area contributed by atoms with Gasteiger partial charge >= 0.3 is 0 Å². The van der Waals surface area contributed by atoms with E-state index in [1.807, 2.05) is 35.2 Å². The minimum absolute atomic E-state index is 0.00813. The lowest BCUT2D eigenvalue weighted by Gasteiger charge is -2.17. The van der Waals surface area contributed by atoms with Gasteiger partial charge in [0.1, 0.15) is 0 Å². The molecule has 2 aliphatic heterocycles. The van der Waals surface area contributed by atoms with Crippen LogP contribution < -0.4 is 15.5 Å². The molecule has 2 aromatic carbocycles. The van der Waals surface area contributed by atoms with Gasteiger partial charge in [0, 0.05) is 29.9 Å². The van der Waals surface area contributed by atoms with Crippen molar-refractivity contribution >= 4 is 23.2 Å². The Balaban J connectivity index is 1.36. The van der Waals surface area contributed by atoms with Crippen LogP contribution in [0.25, 0.3) is 0 Å². The van der Waals surface area contributed by atoms with Gasteiger partial charge in [-0.15, -0.1) is 0 Å². The topological polar surface area (TPSA) is 61.4 Å². The van der Waals surface area contributed by atoms with Gasteiger partial charge in [-0.1, -0.05) is 18.2 Å². The molecule has 2 aromatic rings. The summed E-state index contributed by atoms with van der Waals surface area (Å²) in [5.74, 6) is 0.513. The molecule has 0 aliphatic carbocycles. The van der Waals surface area contributed by atoms with Crippen LogP contribution in [-0.4, -0.2) is 31.4 Å². The molecule has 0 spiro atoms. The molecule has 5 nitrogen and oxygen atoms in total. The minimum atomic E-state index is 0.00813. The minimum Gasteiger partial charge on any atom is -0.326 e. The van der Waals surface area contributed by atoms with Crippen molar-refractivity contribution in [2.24, 2.45) is 5.92 Å². The third-order valence-electron chi connectivity index (χ3n) is 5.72. The van der Waals surface area contributed by atoms with Crippen molar-refractivity contribution < 1.29 is 9.59 Å². The Hall–Kier alpha value is -2.66. The smallest absolute Gasteiger partial charge is 0.258 e. The molecule has 2 aliphatic rings. The highest BCUT2D eigenvalue weighted by atomic mass is 16.2. The molecule has 0 bridgehead atoms. The molecular formula is C23H27N3O2. The predicted molar refractivity (Wildman–Crippen MR) is 112 cm³/mol. The average Bonchev–Trinajstić information content (AvgIpc) is 2.98. The van der Waals surface area contributed by atoms with Crippen LogP contribution in [0.4, 0.5) is 11.4 Å². The molecule has 5 heteroatoms. The van der Waals surface area contributed by atoms with Gasteiger partial charge in [-0.05, 0) is 80.6 Å². The highest BCUT2D eigenvalue weighted by molar-refractivity contribution is 6.07.